The van der Waals surface area contributed by atoms with E-state index in [4.69, 9.17) is 27.9 Å². The first-order valence-corrected chi connectivity index (χ1v) is 6.63. The lowest BCUT2D eigenvalue weighted by atomic mass is 9.88. The molecule has 1 N–H and O–H groups in total. The van der Waals surface area contributed by atoms with Gasteiger partial charge in [-0.1, -0.05) is 29.3 Å². The van der Waals surface area contributed by atoms with Crippen LogP contribution in [-0.4, -0.2) is 26.3 Å². The Morgan fingerprint density at radius 1 is 1.35 bits per heavy atom. The Kier molecular flexibility index (Phi) is 4.69. The Bertz CT molecular complexity index is 384. The summed E-state index contributed by atoms with van der Waals surface area (Å²) < 4.78 is 5.51. The number of hydrogen-bond donors (Lipinski definition) is 1. The number of methoxy groups -OCH3 is 1. The fourth-order valence-corrected chi connectivity index (χ4v) is 2.68. The van der Waals surface area contributed by atoms with Crippen LogP contribution in [0.3, 0.4) is 0 Å². The lowest BCUT2D eigenvalue weighted by Crippen LogP contribution is -2.42. The van der Waals surface area contributed by atoms with Crippen LogP contribution in [0.4, 0.5) is 0 Å². The summed E-state index contributed by atoms with van der Waals surface area (Å²) in [7, 11) is 1.78. The number of nitrogens with one attached hydrogen (secondary N) is 1. The predicted molar refractivity (Wildman–Crippen MR) is 71.9 cm³/mol. The predicted octanol–water partition coefficient (Wildman–Crippen LogP) is 3.16. The van der Waals surface area contributed by atoms with Crippen molar-refractivity contribution in [2.24, 2.45) is 5.92 Å². The molecular formula is C13H17Cl2NO. The monoisotopic (exact) mass is 273 g/mol. The van der Waals surface area contributed by atoms with E-state index in [1.54, 1.807) is 7.11 Å². The van der Waals surface area contributed by atoms with E-state index in [0.717, 1.165) is 25.9 Å². The Morgan fingerprint density at radius 3 is 2.88 bits per heavy atom. The van der Waals surface area contributed by atoms with E-state index < -0.39 is 0 Å². The van der Waals surface area contributed by atoms with Gasteiger partial charge in [0.25, 0.3) is 0 Å². The minimum Gasteiger partial charge on any atom is -0.380 e. The number of halogens is 2. The third kappa shape index (κ3) is 3.35. The van der Waals surface area contributed by atoms with E-state index in [-0.39, 0.29) is 0 Å². The van der Waals surface area contributed by atoms with E-state index in [0.29, 0.717) is 22.1 Å². The molecule has 1 fully saturated rings. The maximum Gasteiger partial charge on any atom is 0.0727 e. The highest BCUT2D eigenvalue weighted by atomic mass is 35.5. The van der Waals surface area contributed by atoms with E-state index in [1.165, 1.54) is 5.56 Å². The molecule has 17 heavy (non-hydrogen) atoms. The summed E-state index contributed by atoms with van der Waals surface area (Å²) in [5.41, 5.74) is 1.23. The second-order valence-corrected chi connectivity index (χ2v) is 5.29. The molecule has 0 unspecified atom stereocenters. The van der Waals surface area contributed by atoms with Crippen molar-refractivity contribution in [1.82, 2.24) is 5.32 Å². The molecule has 1 saturated heterocycles. The van der Waals surface area contributed by atoms with Crippen LogP contribution >= 0.6 is 23.2 Å². The van der Waals surface area contributed by atoms with Crippen molar-refractivity contribution in [2.75, 3.05) is 20.2 Å². The summed E-state index contributed by atoms with van der Waals surface area (Å²) in [5.74, 6) is 0.554. The average molecular weight is 274 g/mol. The van der Waals surface area contributed by atoms with E-state index in [2.05, 4.69) is 5.32 Å². The molecule has 1 aromatic carbocycles. The van der Waals surface area contributed by atoms with Gasteiger partial charge >= 0.3 is 0 Å². The lowest BCUT2D eigenvalue weighted by molar-refractivity contribution is 0.0341. The van der Waals surface area contributed by atoms with Crippen molar-refractivity contribution < 1.29 is 4.74 Å². The van der Waals surface area contributed by atoms with E-state index in [1.807, 2.05) is 18.2 Å². The van der Waals surface area contributed by atoms with Crippen LogP contribution in [0.25, 0.3) is 0 Å². The Balaban J connectivity index is 2.05. The van der Waals surface area contributed by atoms with Crippen LogP contribution < -0.4 is 5.32 Å². The second-order valence-electron chi connectivity index (χ2n) is 4.48. The molecule has 0 radical (unpaired) electrons. The van der Waals surface area contributed by atoms with Crippen LogP contribution in [0.5, 0.6) is 0 Å². The van der Waals surface area contributed by atoms with Gasteiger partial charge in [0.15, 0.2) is 0 Å². The molecular weight excluding hydrogens is 257 g/mol. The van der Waals surface area contributed by atoms with Crippen LogP contribution in [0.2, 0.25) is 10.0 Å². The highest BCUT2D eigenvalue weighted by Crippen LogP contribution is 2.26. The zero-order valence-corrected chi connectivity index (χ0v) is 11.4. The molecule has 2 nitrogen and oxygen atoms in total. The Hall–Kier alpha value is -0.280. The molecule has 1 aliphatic heterocycles. The number of ether oxygens (including phenoxy) is 1. The van der Waals surface area contributed by atoms with Gasteiger partial charge < -0.3 is 10.1 Å². The molecule has 1 aromatic rings. The summed E-state index contributed by atoms with van der Waals surface area (Å²) in [4.78, 5) is 0. The first kappa shape index (κ1) is 13.2. The highest BCUT2D eigenvalue weighted by molar-refractivity contribution is 6.42. The Labute approximate surface area is 112 Å². The topological polar surface area (TPSA) is 21.3 Å². The normalized spacial score (nSPS) is 24.9. The molecule has 0 aliphatic carbocycles. The van der Waals surface area contributed by atoms with Gasteiger partial charge in [-0.05, 0) is 43.0 Å². The molecule has 0 bridgehead atoms. The minimum absolute atomic E-state index is 0.290. The molecule has 1 heterocycles. The quantitative estimate of drug-likeness (QED) is 0.914. The molecule has 1 aliphatic rings. The SMILES string of the molecule is CO[C@@H]1CNCC[C@@H]1Cc1ccc(Cl)c(Cl)c1. The zero-order chi connectivity index (χ0) is 12.3. The van der Waals surface area contributed by atoms with Gasteiger partial charge in [-0.2, -0.15) is 0 Å². The standard InChI is InChI=1S/C13H17Cl2NO/c1-17-13-8-16-5-4-10(13)6-9-2-3-11(14)12(15)7-9/h2-3,7,10,13,16H,4-6,8H2,1H3/t10-,13-/m1/s1. The van der Waals surface area contributed by atoms with Gasteiger partial charge in [0.1, 0.15) is 0 Å². The van der Waals surface area contributed by atoms with Gasteiger partial charge in [-0.3, -0.25) is 0 Å². The second kappa shape index (κ2) is 6.05. The maximum absolute atomic E-state index is 6.03. The van der Waals surface area contributed by atoms with E-state index in [9.17, 15) is 0 Å². The largest absolute Gasteiger partial charge is 0.380 e. The molecule has 0 amide bonds. The van der Waals surface area contributed by atoms with E-state index >= 15 is 0 Å². The number of piperidine rings is 1. The van der Waals surface area contributed by atoms with Crippen molar-refractivity contribution in [2.45, 2.75) is 18.9 Å². The van der Waals surface area contributed by atoms with Gasteiger partial charge in [0.05, 0.1) is 16.1 Å². The third-order valence-corrected chi connectivity index (χ3v) is 4.09. The number of benzene rings is 1. The van der Waals surface area contributed by atoms with Crippen LogP contribution in [0, 0.1) is 5.92 Å². The fourth-order valence-electron chi connectivity index (χ4n) is 2.36. The number of rotatable bonds is 3. The molecule has 0 spiro atoms. The maximum atomic E-state index is 6.03. The summed E-state index contributed by atoms with van der Waals surface area (Å²) in [5, 5.41) is 4.60. The fraction of sp³-hybridized carbons (Fsp3) is 0.538. The van der Waals surface area contributed by atoms with Gasteiger partial charge in [0.2, 0.25) is 0 Å². The summed E-state index contributed by atoms with van der Waals surface area (Å²) in [6.45, 7) is 1.99. The van der Waals surface area contributed by atoms with Gasteiger partial charge in [-0.25, -0.2) is 0 Å². The molecule has 2 rings (SSSR count). The summed E-state index contributed by atoms with van der Waals surface area (Å²) >= 11 is 11.9. The molecule has 4 heteroatoms. The zero-order valence-electron chi connectivity index (χ0n) is 9.88. The first-order valence-electron chi connectivity index (χ1n) is 5.88. The van der Waals surface area contributed by atoms with Crippen LogP contribution in [0.15, 0.2) is 18.2 Å². The Morgan fingerprint density at radius 2 is 2.18 bits per heavy atom. The average Bonchev–Trinajstić information content (AvgIpc) is 2.34. The smallest absolute Gasteiger partial charge is 0.0727 e. The molecule has 2 atom stereocenters. The van der Waals surface area contributed by atoms with Crippen LogP contribution in [0.1, 0.15) is 12.0 Å². The lowest BCUT2D eigenvalue weighted by Gasteiger charge is -2.31. The molecule has 0 aromatic heterocycles. The van der Waals surface area contributed by atoms with Gasteiger partial charge in [-0.15, -0.1) is 0 Å². The molecule has 0 saturated carbocycles. The van der Waals surface area contributed by atoms with Crippen molar-refractivity contribution in [1.29, 1.82) is 0 Å². The molecule has 94 valence electrons. The summed E-state index contributed by atoms with van der Waals surface area (Å²) in [6, 6.07) is 5.86. The number of hydrogen-bond acceptors (Lipinski definition) is 2. The third-order valence-electron chi connectivity index (χ3n) is 3.35. The summed E-state index contributed by atoms with van der Waals surface area (Å²) in [6.07, 6.45) is 2.42. The van der Waals surface area contributed by atoms with Gasteiger partial charge in [0, 0.05) is 13.7 Å². The van der Waals surface area contributed by atoms with Crippen molar-refractivity contribution in [3.8, 4) is 0 Å². The van der Waals surface area contributed by atoms with Crippen LogP contribution in [-0.2, 0) is 11.2 Å². The van der Waals surface area contributed by atoms with Crippen molar-refractivity contribution in [3.05, 3.63) is 33.8 Å². The first-order chi connectivity index (χ1) is 8.20. The minimum atomic E-state index is 0.290. The highest BCUT2D eigenvalue weighted by Gasteiger charge is 2.24. The van der Waals surface area contributed by atoms with Crippen molar-refractivity contribution in [3.63, 3.8) is 0 Å². The van der Waals surface area contributed by atoms with Crippen molar-refractivity contribution >= 4 is 23.2 Å².